The number of amides is 2. The molecule has 7 heteroatoms. The van der Waals surface area contributed by atoms with Crippen LogP contribution in [-0.2, 0) is 4.79 Å². The number of anilines is 2. The van der Waals surface area contributed by atoms with Crippen LogP contribution in [0, 0.1) is 0 Å². The summed E-state index contributed by atoms with van der Waals surface area (Å²) in [6.07, 6.45) is 0. The van der Waals surface area contributed by atoms with Crippen molar-refractivity contribution in [3.63, 3.8) is 0 Å². The van der Waals surface area contributed by atoms with E-state index in [1.165, 1.54) is 13.0 Å². The van der Waals surface area contributed by atoms with E-state index in [9.17, 15) is 14.4 Å². The van der Waals surface area contributed by atoms with Gasteiger partial charge in [0.25, 0.3) is 5.91 Å². The van der Waals surface area contributed by atoms with Crippen LogP contribution in [0.1, 0.15) is 24.2 Å². The van der Waals surface area contributed by atoms with Crippen LogP contribution in [0.2, 0.25) is 0 Å². The summed E-state index contributed by atoms with van der Waals surface area (Å²) >= 11 is 0. The molecule has 0 aliphatic rings. The number of hydrogen-bond donors (Lipinski definition) is 2. The molecule has 2 N–H and O–H groups in total. The first-order valence-electron chi connectivity index (χ1n) is 8.36. The molecule has 0 aliphatic heterocycles. The van der Waals surface area contributed by atoms with Gasteiger partial charge in [-0.3, -0.25) is 9.59 Å². The number of ether oxygens (including phenoxy) is 1. The molecule has 0 bridgehead atoms. The zero-order chi connectivity index (χ0) is 19.4. The second-order valence-corrected chi connectivity index (χ2v) is 5.79. The van der Waals surface area contributed by atoms with E-state index in [1.54, 1.807) is 42.5 Å². The van der Waals surface area contributed by atoms with Crippen LogP contribution in [0.4, 0.5) is 11.4 Å². The van der Waals surface area contributed by atoms with Crippen LogP contribution in [0.25, 0.3) is 11.0 Å². The zero-order valence-electron chi connectivity index (χ0n) is 14.9. The van der Waals surface area contributed by atoms with Gasteiger partial charge in [-0.15, -0.1) is 0 Å². The van der Waals surface area contributed by atoms with E-state index in [-0.39, 0.29) is 11.5 Å². The molecule has 1 heterocycles. The van der Waals surface area contributed by atoms with Gasteiger partial charge in [0.05, 0.1) is 6.61 Å². The minimum Gasteiger partial charge on any atom is -0.494 e. The van der Waals surface area contributed by atoms with Crippen molar-refractivity contribution in [1.82, 2.24) is 0 Å². The molecule has 2 amide bonds. The highest BCUT2D eigenvalue weighted by Gasteiger charge is 2.14. The van der Waals surface area contributed by atoms with Crippen molar-refractivity contribution in [2.75, 3.05) is 17.2 Å². The molecule has 0 atom stereocenters. The fourth-order valence-corrected chi connectivity index (χ4v) is 2.55. The summed E-state index contributed by atoms with van der Waals surface area (Å²) in [5.41, 5.74) is 0.631. The highest BCUT2D eigenvalue weighted by molar-refractivity contribution is 6.05. The standard InChI is InChI=1S/C20H18N2O5/c1-3-26-16-8-9-18-13(10-16)11-17(20(25)27-18)19(24)22-15-6-4-14(5-7-15)21-12(2)23/h4-11H,3H2,1-2H3,(H,21,23)(H,22,24). The molecule has 3 aromatic rings. The summed E-state index contributed by atoms with van der Waals surface area (Å²) in [5, 5.41) is 5.86. The number of hydrogen-bond acceptors (Lipinski definition) is 5. The fourth-order valence-electron chi connectivity index (χ4n) is 2.55. The normalized spacial score (nSPS) is 10.4. The first-order chi connectivity index (χ1) is 13.0. The number of nitrogens with one attached hydrogen (secondary N) is 2. The third-order valence-corrected chi connectivity index (χ3v) is 3.72. The van der Waals surface area contributed by atoms with Crippen LogP contribution in [0.5, 0.6) is 5.75 Å². The molecule has 2 aromatic carbocycles. The second kappa shape index (κ2) is 7.74. The Hall–Kier alpha value is -3.61. The minimum absolute atomic E-state index is 0.109. The van der Waals surface area contributed by atoms with Crippen LogP contribution in [0.3, 0.4) is 0 Å². The first kappa shape index (κ1) is 18.2. The van der Waals surface area contributed by atoms with Crippen LogP contribution >= 0.6 is 0 Å². The maximum atomic E-state index is 12.5. The number of carbonyl (C=O) groups is 2. The van der Waals surface area contributed by atoms with Gasteiger partial charge >= 0.3 is 5.63 Å². The molecular weight excluding hydrogens is 348 g/mol. The highest BCUT2D eigenvalue weighted by Crippen LogP contribution is 2.21. The maximum Gasteiger partial charge on any atom is 0.349 e. The van der Waals surface area contributed by atoms with Crippen molar-refractivity contribution in [1.29, 1.82) is 0 Å². The van der Waals surface area contributed by atoms with Gasteiger partial charge < -0.3 is 19.8 Å². The summed E-state index contributed by atoms with van der Waals surface area (Å²) in [6, 6.07) is 13.1. The smallest absolute Gasteiger partial charge is 0.349 e. The van der Waals surface area contributed by atoms with E-state index < -0.39 is 11.5 Å². The highest BCUT2D eigenvalue weighted by atomic mass is 16.5. The summed E-state index contributed by atoms with van der Waals surface area (Å²) in [6.45, 7) is 3.78. The molecule has 0 saturated heterocycles. The molecule has 0 fully saturated rings. The summed E-state index contributed by atoms with van der Waals surface area (Å²) in [7, 11) is 0. The number of carbonyl (C=O) groups excluding carboxylic acids is 2. The first-order valence-corrected chi connectivity index (χ1v) is 8.36. The largest absolute Gasteiger partial charge is 0.494 e. The van der Waals surface area contributed by atoms with E-state index in [0.29, 0.717) is 34.7 Å². The lowest BCUT2D eigenvalue weighted by Gasteiger charge is -2.08. The monoisotopic (exact) mass is 366 g/mol. The third-order valence-electron chi connectivity index (χ3n) is 3.72. The molecule has 27 heavy (non-hydrogen) atoms. The molecule has 0 saturated carbocycles. The molecule has 3 rings (SSSR count). The SMILES string of the molecule is CCOc1ccc2oc(=O)c(C(=O)Nc3ccc(NC(C)=O)cc3)cc2c1. The molecule has 0 unspecified atom stereocenters. The molecule has 0 aliphatic carbocycles. The Morgan fingerprint density at radius 1 is 1.00 bits per heavy atom. The average molecular weight is 366 g/mol. The van der Waals surface area contributed by atoms with E-state index in [4.69, 9.17) is 9.15 Å². The lowest BCUT2D eigenvalue weighted by Crippen LogP contribution is -2.20. The summed E-state index contributed by atoms with van der Waals surface area (Å²) in [5.74, 6) is -0.148. The van der Waals surface area contributed by atoms with E-state index >= 15 is 0 Å². The van der Waals surface area contributed by atoms with Gasteiger partial charge in [-0.25, -0.2) is 4.79 Å². The van der Waals surface area contributed by atoms with Crippen LogP contribution < -0.4 is 21.0 Å². The Morgan fingerprint density at radius 3 is 2.30 bits per heavy atom. The van der Waals surface area contributed by atoms with Crippen molar-refractivity contribution in [2.24, 2.45) is 0 Å². The van der Waals surface area contributed by atoms with Gasteiger partial charge in [0.1, 0.15) is 16.9 Å². The second-order valence-electron chi connectivity index (χ2n) is 5.79. The van der Waals surface area contributed by atoms with Gasteiger partial charge in [0.15, 0.2) is 0 Å². The predicted octanol–water partition coefficient (Wildman–Crippen LogP) is 3.40. The fraction of sp³-hybridized carbons (Fsp3) is 0.150. The number of fused-ring (bicyclic) bond motifs is 1. The van der Waals surface area contributed by atoms with E-state index in [1.807, 2.05) is 6.92 Å². The van der Waals surface area contributed by atoms with Gasteiger partial charge in [-0.2, -0.15) is 0 Å². The van der Waals surface area contributed by atoms with Crippen molar-refractivity contribution in [3.8, 4) is 5.75 Å². The molecule has 0 spiro atoms. The lowest BCUT2D eigenvalue weighted by molar-refractivity contribution is -0.114. The molecular formula is C20H18N2O5. The Morgan fingerprint density at radius 2 is 1.67 bits per heavy atom. The van der Waals surface area contributed by atoms with Crippen LogP contribution in [-0.4, -0.2) is 18.4 Å². The third kappa shape index (κ3) is 4.33. The van der Waals surface area contributed by atoms with Gasteiger partial charge in [0, 0.05) is 23.7 Å². The van der Waals surface area contributed by atoms with E-state index in [2.05, 4.69) is 10.6 Å². The number of benzene rings is 2. The predicted molar refractivity (Wildman–Crippen MR) is 102 cm³/mol. The number of rotatable bonds is 5. The molecule has 7 nitrogen and oxygen atoms in total. The summed E-state index contributed by atoms with van der Waals surface area (Å²) < 4.78 is 10.7. The van der Waals surface area contributed by atoms with Crippen molar-refractivity contribution in [3.05, 3.63) is 64.5 Å². The van der Waals surface area contributed by atoms with Gasteiger partial charge in [0.2, 0.25) is 5.91 Å². The Bertz CT molecular complexity index is 1050. The minimum atomic E-state index is -0.723. The van der Waals surface area contributed by atoms with Crippen LogP contribution in [0.15, 0.2) is 57.7 Å². The molecule has 0 radical (unpaired) electrons. The van der Waals surface area contributed by atoms with Gasteiger partial charge in [-0.1, -0.05) is 0 Å². The lowest BCUT2D eigenvalue weighted by atomic mass is 10.1. The van der Waals surface area contributed by atoms with Crippen molar-refractivity contribution >= 4 is 34.2 Å². The quantitative estimate of drug-likeness (QED) is 0.675. The van der Waals surface area contributed by atoms with Gasteiger partial charge in [-0.05, 0) is 55.5 Å². The topological polar surface area (TPSA) is 97.6 Å². The van der Waals surface area contributed by atoms with Crippen molar-refractivity contribution in [2.45, 2.75) is 13.8 Å². The Labute approximate surface area is 154 Å². The summed E-state index contributed by atoms with van der Waals surface area (Å²) in [4.78, 5) is 35.7. The average Bonchev–Trinajstić information content (AvgIpc) is 2.63. The van der Waals surface area contributed by atoms with E-state index in [0.717, 1.165) is 0 Å². The zero-order valence-corrected chi connectivity index (χ0v) is 14.9. The molecule has 1 aromatic heterocycles. The Kier molecular flexibility index (Phi) is 5.21. The Balaban J connectivity index is 1.85. The maximum absolute atomic E-state index is 12.5. The molecule has 138 valence electrons. The van der Waals surface area contributed by atoms with Crippen molar-refractivity contribution < 1.29 is 18.7 Å².